The highest BCUT2D eigenvalue weighted by molar-refractivity contribution is 6.61. The molecule has 2 N–H and O–H groups in total. The number of ether oxygens (including phenoxy) is 1. The summed E-state index contributed by atoms with van der Waals surface area (Å²) in [5.41, 5.74) is 1.12. The fourth-order valence-electron chi connectivity index (χ4n) is 1.36. The largest absolute Gasteiger partial charge is 0.497 e. The number of anilines is 1. The maximum atomic E-state index is 9.21. The average Bonchev–Trinajstić information content (AvgIpc) is 2.16. The second kappa shape index (κ2) is 4.35. The lowest BCUT2D eigenvalue weighted by molar-refractivity contribution is 0.403. The van der Waals surface area contributed by atoms with Gasteiger partial charge in [0.25, 0.3) is 0 Å². The van der Waals surface area contributed by atoms with Gasteiger partial charge < -0.3 is 19.7 Å². The molecule has 0 heterocycles. The molecule has 14 heavy (non-hydrogen) atoms. The molecule has 0 aliphatic carbocycles. The summed E-state index contributed by atoms with van der Waals surface area (Å²) in [7, 11) is 3.64. The molecule has 1 aromatic rings. The predicted octanol–water partition coefficient (Wildman–Crippen LogP) is -0.559. The molecule has 1 rings (SSSR count). The zero-order chi connectivity index (χ0) is 10.7. The molecule has 4 nitrogen and oxygen atoms in total. The molecule has 76 valence electrons. The Balaban J connectivity index is 3.28. The maximum Gasteiger partial charge on any atom is 0.494 e. The van der Waals surface area contributed by atoms with Gasteiger partial charge in [0.2, 0.25) is 0 Å². The van der Waals surface area contributed by atoms with Crippen LogP contribution < -0.4 is 15.1 Å². The molecule has 0 unspecified atom stereocenters. The van der Waals surface area contributed by atoms with Crippen LogP contribution in [-0.4, -0.2) is 38.4 Å². The van der Waals surface area contributed by atoms with Gasteiger partial charge in [-0.1, -0.05) is 6.07 Å². The fraction of sp³-hybridized carbons (Fsp3) is 0.333. The monoisotopic (exact) mass is 195 g/mol. The molecule has 0 saturated heterocycles. The summed E-state index contributed by atoms with van der Waals surface area (Å²) >= 11 is 0. The van der Waals surface area contributed by atoms with Gasteiger partial charge in [-0.3, -0.25) is 0 Å². The van der Waals surface area contributed by atoms with Gasteiger partial charge in [-0.05, 0) is 12.1 Å². The van der Waals surface area contributed by atoms with Crippen molar-refractivity contribution in [2.45, 2.75) is 0 Å². The fourth-order valence-corrected chi connectivity index (χ4v) is 1.36. The first kappa shape index (κ1) is 10.9. The lowest BCUT2D eigenvalue weighted by Crippen LogP contribution is -2.35. The van der Waals surface area contributed by atoms with E-state index in [0.717, 1.165) is 5.69 Å². The van der Waals surface area contributed by atoms with Gasteiger partial charge in [0, 0.05) is 25.2 Å². The number of nitrogens with zero attached hydrogens (tertiary/aromatic N) is 1. The van der Waals surface area contributed by atoms with Crippen LogP contribution in [0.25, 0.3) is 0 Å². The van der Waals surface area contributed by atoms with Gasteiger partial charge in [-0.15, -0.1) is 0 Å². The number of rotatable bonds is 3. The van der Waals surface area contributed by atoms with Gasteiger partial charge in [0.15, 0.2) is 0 Å². The SMILES string of the molecule is COc1cccc(N(C)C)c1B(O)O. The van der Waals surface area contributed by atoms with Crippen molar-refractivity contribution in [2.75, 3.05) is 26.1 Å². The minimum absolute atomic E-state index is 0.389. The van der Waals surface area contributed by atoms with Crippen molar-refractivity contribution in [1.82, 2.24) is 0 Å². The van der Waals surface area contributed by atoms with Gasteiger partial charge in [0.05, 0.1) is 7.11 Å². The molecule has 0 fully saturated rings. The first-order chi connectivity index (χ1) is 6.57. The van der Waals surface area contributed by atoms with Crippen LogP contribution in [0, 0.1) is 0 Å². The van der Waals surface area contributed by atoms with Crippen LogP contribution in [-0.2, 0) is 0 Å². The second-order valence-corrected chi connectivity index (χ2v) is 3.16. The molecule has 0 saturated carbocycles. The Hall–Kier alpha value is -1.20. The lowest BCUT2D eigenvalue weighted by Gasteiger charge is -2.19. The molecule has 0 aliphatic heterocycles. The van der Waals surface area contributed by atoms with Crippen LogP contribution >= 0.6 is 0 Å². The van der Waals surface area contributed by atoms with E-state index in [1.807, 2.05) is 14.1 Å². The van der Waals surface area contributed by atoms with Gasteiger partial charge in [-0.25, -0.2) is 0 Å². The Morgan fingerprint density at radius 3 is 2.36 bits per heavy atom. The Kier molecular flexibility index (Phi) is 3.38. The quantitative estimate of drug-likeness (QED) is 0.635. The molecule has 0 radical (unpaired) electrons. The van der Waals surface area contributed by atoms with Crippen molar-refractivity contribution >= 4 is 18.3 Å². The van der Waals surface area contributed by atoms with E-state index in [4.69, 9.17) is 4.74 Å². The molecular weight excluding hydrogens is 181 g/mol. The molecule has 5 heteroatoms. The number of hydrogen-bond donors (Lipinski definition) is 2. The van der Waals surface area contributed by atoms with Gasteiger partial charge in [-0.2, -0.15) is 0 Å². The molecule has 0 aromatic heterocycles. The molecular formula is C9H14BNO3. The van der Waals surface area contributed by atoms with E-state index in [0.29, 0.717) is 11.2 Å². The Labute approximate surface area is 83.9 Å². The zero-order valence-corrected chi connectivity index (χ0v) is 8.56. The van der Waals surface area contributed by atoms with Crippen LogP contribution in [0.5, 0.6) is 5.75 Å². The summed E-state index contributed by atoms with van der Waals surface area (Å²) in [6.07, 6.45) is 0. The summed E-state index contributed by atoms with van der Waals surface area (Å²) in [6, 6.07) is 5.30. The number of benzene rings is 1. The topological polar surface area (TPSA) is 52.9 Å². The minimum atomic E-state index is -1.52. The van der Waals surface area contributed by atoms with Crippen LogP contribution in [0.3, 0.4) is 0 Å². The van der Waals surface area contributed by atoms with Crippen LogP contribution in [0.1, 0.15) is 0 Å². The number of methoxy groups -OCH3 is 1. The Morgan fingerprint density at radius 1 is 1.29 bits per heavy atom. The third-order valence-corrected chi connectivity index (χ3v) is 2.00. The van der Waals surface area contributed by atoms with E-state index in [9.17, 15) is 10.0 Å². The molecule has 0 amide bonds. The van der Waals surface area contributed by atoms with Crippen molar-refractivity contribution in [1.29, 1.82) is 0 Å². The van der Waals surface area contributed by atoms with E-state index in [1.165, 1.54) is 7.11 Å². The molecule has 0 aliphatic rings. The highest BCUT2D eigenvalue weighted by Crippen LogP contribution is 2.16. The van der Waals surface area contributed by atoms with Crippen LogP contribution in [0.2, 0.25) is 0 Å². The normalized spacial score (nSPS) is 9.79. The van der Waals surface area contributed by atoms with Gasteiger partial charge in [0.1, 0.15) is 5.75 Å². The van der Waals surface area contributed by atoms with Crippen LogP contribution in [0.15, 0.2) is 18.2 Å². The van der Waals surface area contributed by atoms with Crippen molar-refractivity contribution in [3.8, 4) is 5.75 Å². The minimum Gasteiger partial charge on any atom is -0.497 e. The standard InChI is InChI=1S/C9H14BNO3/c1-11(2)7-5-4-6-8(14-3)9(7)10(12)13/h4-6,12-13H,1-3H3. The third-order valence-electron chi connectivity index (χ3n) is 2.00. The zero-order valence-electron chi connectivity index (χ0n) is 8.56. The van der Waals surface area contributed by atoms with E-state index >= 15 is 0 Å². The van der Waals surface area contributed by atoms with E-state index in [-0.39, 0.29) is 0 Å². The summed E-state index contributed by atoms with van der Waals surface area (Å²) in [5, 5.41) is 18.4. The second-order valence-electron chi connectivity index (χ2n) is 3.16. The molecule has 1 aromatic carbocycles. The summed E-state index contributed by atoms with van der Waals surface area (Å²) in [6.45, 7) is 0. The smallest absolute Gasteiger partial charge is 0.494 e. The average molecular weight is 195 g/mol. The van der Waals surface area contributed by atoms with E-state index in [2.05, 4.69) is 0 Å². The highest BCUT2D eigenvalue weighted by Gasteiger charge is 2.21. The van der Waals surface area contributed by atoms with Crippen molar-refractivity contribution in [2.24, 2.45) is 0 Å². The van der Waals surface area contributed by atoms with Crippen molar-refractivity contribution in [3.63, 3.8) is 0 Å². The molecule has 0 bridgehead atoms. The highest BCUT2D eigenvalue weighted by atomic mass is 16.5. The lowest BCUT2D eigenvalue weighted by atomic mass is 9.78. The van der Waals surface area contributed by atoms with Crippen molar-refractivity contribution < 1.29 is 14.8 Å². The molecule has 0 atom stereocenters. The van der Waals surface area contributed by atoms with E-state index < -0.39 is 7.12 Å². The Morgan fingerprint density at radius 2 is 1.93 bits per heavy atom. The summed E-state index contributed by atoms with van der Waals surface area (Å²) in [4.78, 5) is 1.80. The van der Waals surface area contributed by atoms with Crippen LogP contribution in [0.4, 0.5) is 5.69 Å². The summed E-state index contributed by atoms with van der Waals surface area (Å²) < 4.78 is 5.05. The third kappa shape index (κ3) is 2.00. The van der Waals surface area contributed by atoms with Gasteiger partial charge >= 0.3 is 7.12 Å². The number of hydrogen-bond acceptors (Lipinski definition) is 4. The maximum absolute atomic E-state index is 9.21. The first-order valence-corrected chi connectivity index (χ1v) is 4.28. The summed E-state index contributed by atoms with van der Waals surface area (Å²) in [5.74, 6) is 0.478. The Bertz CT molecular complexity index is 315. The predicted molar refractivity (Wildman–Crippen MR) is 57.1 cm³/mol. The molecule has 0 spiro atoms. The van der Waals surface area contributed by atoms with E-state index in [1.54, 1.807) is 23.1 Å². The van der Waals surface area contributed by atoms with Crippen molar-refractivity contribution in [3.05, 3.63) is 18.2 Å². The first-order valence-electron chi connectivity index (χ1n) is 4.28.